The van der Waals surface area contributed by atoms with Crippen molar-refractivity contribution < 1.29 is 9.90 Å². The fraction of sp³-hybridized carbons (Fsp3) is 0.286. The monoisotopic (exact) mass is 344 g/mol. The van der Waals surface area contributed by atoms with E-state index in [9.17, 15) is 4.79 Å². The van der Waals surface area contributed by atoms with Gasteiger partial charge in [-0.05, 0) is 24.6 Å². The minimum Gasteiger partial charge on any atom is -0.396 e. The Kier molecular flexibility index (Phi) is 5.99. The Morgan fingerprint density at radius 3 is 2.90 bits per heavy atom. The van der Waals surface area contributed by atoms with Crippen LogP contribution in [-0.4, -0.2) is 29.1 Å². The second-order valence-corrected chi connectivity index (χ2v) is 6.07. The lowest BCUT2D eigenvalue weighted by Gasteiger charge is -2.02. The predicted molar refractivity (Wildman–Crippen MR) is 86.0 cm³/mol. The largest absolute Gasteiger partial charge is 0.396 e. The van der Waals surface area contributed by atoms with Crippen molar-refractivity contribution in [2.45, 2.75) is 12.8 Å². The van der Waals surface area contributed by atoms with Gasteiger partial charge in [-0.1, -0.05) is 23.2 Å². The molecule has 0 bridgehead atoms. The van der Waals surface area contributed by atoms with E-state index >= 15 is 0 Å². The van der Waals surface area contributed by atoms with Crippen LogP contribution in [0.4, 0.5) is 0 Å². The maximum Gasteiger partial charge on any atom is 0.226 e. The Labute approximate surface area is 136 Å². The van der Waals surface area contributed by atoms with Crippen LogP contribution in [0.5, 0.6) is 0 Å². The normalized spacial score (nSPS) is 10.6. The fourth-order valence-electron chi connectivity index (χ4n) is 1.71. The zero-order valence-corrected chi connectivity index (χ0v) is 13.4. The predicted octanol–water partition coefficient (Wildman–Crippen LogP) is 3.16. The van der Waals surface area contributed by atoms with Gasteiger partial charge in [-0.15, -0.1) is 11.3 Å². The van der Waals surface area contributed by atoms with Crippen LogP contribution in [0, 0.1) is 0 Å². The van der Waals surface area contributed by atoms with Crippen LogP contribution in [-0.2, 0) is 11.2 Å². The highest BCUT2D eigenvalue weighted by Gasteiger charge is 2.11. The molecule has 0 aliphatic heterocycles. The third kappa shape index (κ3) is 4.68. The van der Waals surface area contributed by atoms with Crippen molar-refractivity contribution in [1.29, 1.82) is 0 Å². The third-order valence-electron chi connectivity index (χ3n) is 2.71. The van der Waals surface area contributed by atoms with Crippen LogP contribution in [0.1, 0.15) is 12.1 Å². The number of carbonyl (C=O) groups excluding carboxylic acids is 1. The summed E-state index contributed by atoms with van der Waals surface area (Å²) in [5.74, 6) is -0.109. The average molecular weight is 345 g/mol. The summed E-state index contributed by atoms with van der Waals surface area (Å²) in [6.07, 6.45) is 0.765. The number of aliphatic hydroxyl groups is 1. The Hall–Kier alpha value is -1.14. The number of thiazole rings is 1. The summed E-state index contributed by atoms with van der Waals surface area (Å²) in [7, 11) is 0. The van der Waals surface area contributed by atoms with Crippen molar-refractivity contribution in [1.82, 2.24) is 10.3 Å². The molecule has 2 rings (SSSR count). The van der Waals surface area contributed by atoms with E-state index in [2.05, 4.69) is 10.3 Å². The highest BCUT2D eigenvalue weighted by Crippen LogP contribution is 2.32. The lowest BCUT2D eigenvalue weighted by Crippen LogP contribution is -2.26. The molecule has 0 spiro atoms. The van der Waals surface area contributed by atoms with Crippen LogP contribution in [0.25, 0.3) is 10.6 Å². The van der Waals surface area contributed by atoms with Crippen LogP contribution < -0.4 is 5.32 Å². The lowest BCUT2D eigenvalue weighted by molar-refractivity contribution is -0.120. The first kappa shape index (κ1) is 16.2. The number of hydrogen-bond donors (Lipinski definition) is 2. The van der Waals surface area contributed by atoms with Crippen molar-refractivity contribution >= 4 is 40.4 Å². The van der Waals surface area contributed by atoms with Gasteiger partial charge in [-0.3, -0.25) is 4.79 Å². The fourth-order valence-corrected chi connectivity index (χ4v) is 3.12. The first-order valence-corrected chi connectivity index (χ1v) is 8.01. The number of aliphatic hydroxyl groups excluding tert-OH is 1. The van der Waals surface area contributed by atoms with Gasteiger partial charge in [0.1, 0.15) is 5.01 Å². The quantitative estimate of drug-likeness (QED) is 0.791. The van der Waals surface area contributed by atoms with Crippen molar-refractivity contribution in [3.63, 3.8) is 0 Å². The number of nitrogens with one attached hydrogen (secondary N) is 1. The van der Waals surface area contributed by atoms with E-state index in [1.165, 1.54) is 11.3 Å². The first-order valence-electron chi connectivity index (χ1n) is 6.37. The van der Waals surface area contributed by atoms with Crippen LogP contribution in [0.3, 0.4) is 0 Å². The molecule has 1 aromatic carbocycles. The van der Waals surface area contributed by atoms with E-state index in [1.807, 2.05) is 11.4 Å². The van der Waals surface area contributed by atoms with Crippen LogP contribution in [0.15, 0.2) is 23.6 Å². The standard InChI is InChI=1S/C14H14Cl2N2O2S/c15-9-2-3-11(12(16)6-9)14-18-10(8-21-14)7-13(20)17-4-1-5-19/h2-3,6,8,19H,1,4-5,7H2,(H,17,20). The SMILES string of the molecule is O=C(Cc1csc(-c2ccc(Cl)cc2Cl)n1)NCCCO. The van der Waals surface area contributed by atoms with Gasteiger partial charge in [0.05, 0.1) is 17.1 Å². The number of nitrogens with zero attached hydrogens (tertiary/aromatic N) is 1. The number of hydrogen-bond acceptors (Lipinski definition) is 4. The summed E-state index contributed by atoms with van der Waals surface area (Å²) >= 11 is 13.4. The molecule has 0 aliphatic carbocycles. The topological polar surface area (TPSA) is 62.2 Å². The molecule has 1 amide bonds. The molecule has 2 aromatic rings. The van der Waals surface area contributed by atoms with E-state index in [1.54, 1.807) is 12.1 Å². The molecule has 21 heavy (non-hydrogen) atoms. The lowest BCUT2D eigenvalue weighted by atomic mass is 10.2. The van der Waals surface area contributed by atoms with Gasteiger partial charge in [0.2, 0.25) is 5.91 Å². The molecule has 7 heteroatoms. The molecular weight excluding hydrogens is 331 g/mol. The minimum atomic E-state index is -0.109. The average Bonchev–Trinajstić information content (AvgIpc) is 2.87. The van der Waals surface area contributed by atoms with E-state index in [0.29, 0.717) is 28.7 Å². The van der Waals surface area contributed by atoms with Gasteiger partial charge in [0, 0.05) is 29.1 Å². The summed E-state index contributed by atoms with van der Waals surface area (Å²) in [5, 5.41) is 15.1. The van der Waals surface area contributed by atoms with Gasteiger partial charge >= 0.3 is 0 Å². The molecule has 2 N–H and O–H groups in total. The molecule has 0 radical (unpaired) electrons. The van der Waals surface area contributed by atoms with Crippen LogP contribution in [0.2, 0.25) is 10.0 Å². The van der Waals surface area contributed by atoms with Crippen molar-refractivity contribution in [3.05, 3.63) is 39.3 Å². The molecule has 0 atom stereocenters. The number of benzene rings is 1. The van der Waals surface area contributed by atoms with Gasteiger partial charge < -0.3 is 10.4 Å². The van der Waals surface area contributed by atoms with E-state index < -0.39 is 0 Å². The highest BCUT2D eigenvalue weighted by atomic mass is 35.5. The zero-order chi connectivity index (χ0) is 15.2. The summed E-state index contributed by atoms with van der Waals surface area (Å²) in [5.41, 5.74) is 1.50. The van der Waals surface area contributed by atoms with E-state index in [4.69, 9.17) is 28.3 Å². The van der Waals surface area contributed by atoms with Crippen molar-refractivity contribution in [3.8, 4) is 10.6 Å². The van der Waals surface area contributed by atoms with Gasteiger partial charge in [-0.2, -0.15) is 0 Å². The molecule has 0 saturated heterocycles. The zero-order valence-electron chi connectivity index (χ0n) is 11.1. The molecule has 0 fully saturated rings. The summed E-state index contributed by atoms with van der Waals surface area (Å²) < 4.78 is 0. The molecule has 112 valence electrons. The van der Waals surface area contributed by atoms with Crippen molar-refractivity contribution in [2.75, 3.05) is 13.2 Å². The number of halogens is 2. The second-order valence-electron chi connectivity index (χ2n) is 4.37. The molecule has 0 saturated carbocycles. The molecule has 0 unspecified atom stereocenters. The number of rotatable bonds is 6. The van der Waals surface area contributed by atoms with E-state index in [-0.39, 0.29) is 18.9 Å². The number of aromatic nitrogens is 1. The molecule has 0 aliphatic rings. The molecule has 1 heterocycles. The Morgan fingerprint density at radius 2 is 2.19 bits per heavy atom. The number of carbonyl (C=O) groups is 1. The maximum absolute atomic E-state index is 11.7. The summed E-state index contributed by atoms with van der Waals surface area (Å²) in [6.45, 7) is 0.533. The number of amides is 1. The molecular formula is C14H14Cl2N2O2S. The second kappa shape index (κ2) is 7.75. The van der Waals surface area contributed by atoms with Crippen molar-refractivity contribution in [2.24, 2.45) is 0 Å². The van der Waals surface area contributed by atoms with Gasteiger partial charge in [0.25, 0.3) is 0 Å². The molecule has 1 aromatic heterocycles. The third-order valence-corrected chi connectivity index (χ3v) is 4.18. The summed E-state index contributed by atoms with van der Waals surface area (Å²) in [6, 6.07) is 5.24. The smallest absolute Gasteiger partial charge is 0.226 e. The van der Waals surface area contributed by atoms with E-state index in [0.717, 1.165) is 10.6 Å². The Balaban J connectivity index is 2.02. The first-order chi connectivity index (χ1) is 10.1. The maximum atomic E-state index is 11.7. The summed E-state index contributed by atoms with van der Waals surface area (Å²) in [4.78, 5) is 16.1. The van der Waals surface area contributed by atoms with Gasteiger partial charge in [0.15, 0.2) is 0 Å². The Bertz CT molecular complexity index is 631. The highest BCUT2D eigenvalue weighted by molar-refractivity contribution is 7.13. The van der Waals surface area contributed by atoms with Crippen LogP contribution >= 0.6 is 34.5 Å². The molecule has 4 nitrogen and oxygen atoms in total. The minimum absolute atomic E-state index is 0.0657. The van der Waals surface area contributed by atoms with Gasteiger partial charge in [-0.25, -0.2) is 4.98 Å². The Morgan fingerprint density at radius 1 is 1.38 bits per heavy atom.